The Bertz CT molecular complexity index is 716. The zero-order valence-corrected chi connectivity index (χ0v) is 11.8. The minimum absolute atomic E-state index is 0.238. The van der Waals surface area contributed by atoms with Crippen LogP contribution in [0, 0.1) is 5.41 Å². The Morgan fingerprint density at radius 1 is 1.09 bits per heavy atom. The van der Waals surface area contributed by atoms with Gasteiger partial charge in [-0.05, 0) is 30.3 Å². The minimum atomic E-state index is -4.57. The number of halogens is 3. The number of anilines is 1. The van der Waals surface area contributed by atoms with Crippen LogP contribution in [0.5, 0.6) is 0 Å². The van der Waals surface area contributed by atoms with Crippen molar-refractivity contribution in [2.75, 3.05) is 5.43 Å². The summed E-state index contributed by atoms with van der Waals surface area (Å²) in [6, 6.07) is 12.3. The molecule has 2 rings (SSSR count). The number of carbonyl (C=O) groups is 1. The molecule has 0 unspecified atom stereocenters. The second-order valence-electron chi connectivity index (χ2n) is 4.58. The Hall–Kier alpha value is -3.03. The van der Waals surface area contributed by atoms with Crippen LogP contribution >= 0.6 is 0 Å². The third-order valence-electron chi connectivity index (χ3n) is 2.90. The summed E-state index contributed by atoms with van der Waals surface area (Å²) in [6.07, 6.45) is -4.57. The van der Waals surface area contributed by atoms with Gasteiger partial charge < -0.3 is 5.73 Å². The van der Waals surface area contributed by atoms with Crippen LogP contribution in [0.25, 0.3) is 0 Å². The number of carbonyl (C=O) groups excluding carboxylic acids is 1. The molecule has 8 heteroatoms. The first-order valence-corrected chi connectivity index (χ1v) is 6.46. The molecular formula is C15H13F3N4O. The molecule has 1 amide bonds. The summed E-state index contributed by atoms with van der Waals surface area (Å²) < 4.78 is 38.2. The molecule has 0 atom stereocenters. The van der Waals surface area contributed by atoms with Gasteiger partial charge in [0.1, 0.15) is 0 Å². The van der Waals surface area contributed by atoms with Crippen LogP contribution in [-0.4, -0.2) is 16.9 Å². The van der Waals surface area contributed by atoms with Gasteiger partial charge in [0.25, 0.3) is 5.91 Å². The molecule has 0 spiro atoms. The molecule has 0 bridgehead atoms. The van der Waals surface area contributed by atoms with Crippen molar-refractivity contribution in [2.24, 2.45) is 5.73 Å². The van der Waals surface area contributed by atoms with Gasteiger partial charge in [0.15, 0.2) is 0 Å². The van der Waals surface area contributed by atoms with E-state index in [2.05, 4.69) is 5.43 Å². The Morgan fingerprint density at radius 2 is 1.74 bits per heavy atom. The second-order valence-corrected chi connectivity index (χ2v) is 4.58. The van der Waals surface area contributed by atoms with Crippen molar-refractivity contribution in [3.05, 3.63) is 65.7 Å². The molecule has 0 aliphatic rings. The van der Waals surface area contributed by atoms with Crippen LogP contribution in [0.3, 0.4) is 0 Å². The fraction of sp³-hybridized carbons (Fsp3) is 0.0667. The molecule has 0 saturated heterocycles. The SMILES string of the molecule is N=C(N)N(Nc1ccccc1)C(=O)c1cccc(C(F)(F)F)c1. The van der Waals surface area contributed by atoms with Crippen molar-refractivity contribution in [1.82, 2.24) is 5.01 Å². The predicted octanol–water partition coefficient (Wildman–Crippen LogP) is 3.07. The minimum Gasteiger partial charge on any atom is -0.368 e. The fourth-order valence-corrected chi connectivity index (χ4v) is 1.82. The molecular weight excluding hydrogens is 309 g/mol. The van der Waals surface area contributed by atoms with Gasteiger partial charge in [-0.2, -0.15) is 18.2 Å². The number of para-hydroxylation sites is 1. The van der Waals surface area contributed by atoms with Gasteiger partial charge in [0.05, 0.1) is 11.3 Å². The maximum atomic E-state index is 12.7. The molecule has 0 aromatic heterocycles. The number of alkyl halides is 3. The standard InChI is InChI=1S/C15H13F3N4O/c16-15(17,18)11-6-4-5-10(9-11)13(23)22(14(19)20)21-12-7-2-1-3-8-12/h1-9,21H,(H3,19,20). The number of hydrazine groups is 1. The monoisotopic (exact) mass is 322 g/mol. The zero-order valence-electron chi connectivity index (χ0n) is 11.8. The van der Waals surface area contributed by atoms with Gasteiger partial charge >= 0.3 is 6.18 Å². The third-order valence-corrected chi connectivity index (χ3v) is 2.90. The number of hydrogen-bond donors (Lipinski definition) is 3. The number of nitrogens with one attached hydrogen (secondary N) is 2. The van der Waals surface area contributed by atoms with Gasteiger partial charge in [0.2, 0.25) is 5.96 Å². The van der Waals surface area contributed by atoms with Crippen LogP contribution in [0.2, 0.25) is 0 Å². The van der Waals surface area contributed by atoms with E-state index < -0.39 is 23.6 Å². The highest BCUT2D eigenvalue weighted by atomic mass is 19.4. The van der Waals surface area contributed by atoms with E-state index in [-0.39, 0.29) is 5.56 Å². The summed E-state index contributed by atoms with van der Waals surface area (Å²) >= 11 is 0. The normalized spacial score (nSPS) is 10.9. The lowest BCUT2D eigenvalue weighted by Crippen LogP contribution is -2.45. The molecule has 120 valence electrons. The number of rotatable bonds is 3. The predicted molar refractivity (Wildman–Crippen MR) is 79.6 cm³/mol. The van der Waals surface area contributed by atoms with E-state index in [0.29, 0.717) is 16.8 Å². The first-order valence-electron chi connectivity index (χ1n) is 6.46. The average molecular weight is 322 g/mol. The first kappa shape index (κ1) is 16.3. The van der Waals surface area contributed by atoms with Gasteiger partial charge in [-0.25, -0.2) is 0 Å². The smallest absolute Gasteiger partial charge is 0.368 e. The number of nitrogens with zero attached hydrogens (tertiary/aromatic N) is 1. The van der Waals surface area contributed by atoms with Crippen molar-refractivity contribution in [2.45, 2.75) is 6.18 Å². The Labute approximate surface area is 130 Å². The highest BCUT2D eigenvalue weighted by Gasteiger charge is 2.31. The molecule has 0 saturated carbocycles. The average Bonchev–Trinajstić information content (AvgIpc) is 2.52. The molecule has 23 heavy (non-hydrogen) atoms. The molecule has 0 aliphatic heterocycles. The van der Waals surface area contributed by atoms with Crippen LogP contribution in [0.4, 0.5) is 18.9 Å². The van der Waals surface area contributed by atoms with Gasteiger partial charge in [-0.3, -0.25) is 15.6 Å². The van der Waals surface area contributed by atoms with Crippen LogP contribution < -0.4 is 11.2 Å². The van der Waals surface area contributed by atoms with E-state index in [1.165, 1.54) is 6.07 Å². The lowest BCUT2D eigenvalue weighted by atomic mass is 10.1. The Balaban J connectivity index is 2.30. The third kappa shape index (κ3) is 4.00. The summed E-state index contributed by atoms with van der Waals surface area (Å²) in [5.41, 5.74) is 7.21. The quantitative estimate of drug-likeness (QED) is 0.461. The largest absolute Gasteiger partial charge is 0.416 e. The molecule has 5 nitrogen and oxygen atoms in total. The van der Waals surface area contributed by atoms with Crippen molar-refractivity contribution in [3.8, 4) is 0 Å². The van der Waals surface area contributed by atoms with E-state index in [9.17, 15) is 18.0 Å². The van der Waals surface area contributed by atoms with E-state index >= 15 is 0 Å². The molecule has 2 aromatic rings. The molecule has 0 heterocycles. The lowest BCUT2D eigenvalue weighted by Gasteiger charge is -2.22. The first-order chi connectivity index (χ1) is 10.8. The van der Waals surface area contributed by atoms with E-state index in [1.807, 2.05) is 0 Å². The van der Waals surface area contributed by atoms with Crippen molar-refractivity contribution in [3.63, 3.8) is 0 Å². The van der Waals surface area contributed by atoms with E-state index in [0.717, 1.165) is 12.1 Å². The lowest BCUT2D eigenvalue weighted by molar-refractivity contribution is -0.137. The number of benzene rings is 2. The molecule has 0 radical (unpaired) electrons. The number of nitrogens with two attached hydrogens (primary N) is 1. The summed E-state index contributed by atoms with van der Waals surface area (Å²) in [4.78, 5) is 12.3. The number of hydrogen-bond acceptors (Lipinski definition) is 3. The maximum absolute atomic E-state index is 12.7. The van der Waals surface area contributed by atoms with E-state index in [4.69, 9.17) is 11.1 Å². The fourth-order valence-electron chi connectivity index (χ4n) is 1.82. The van der Waals surface area contributed by atoms with Crippen molar-refractivity contribution >= 4 is 17.6 Å². The summed E-state index contributed by atoms with van der Waals surface area (Å²) in [7, 11) is 0. The van der Waals surface area contributed by atoms with Crippen molar-refractivity contribution in [1.29, 1.82) is 5.41 Å². The van der Waals surface area contributed by atoms with Crippen molar-refractivity contribution < 1.29 is 18.0 Å². The summed E-state index contributed by atoms with van der Waals surface area (Å²) in [6.45, 7) is 0. The zero-order chi connectivity index (χ0) is 17.0. The molecule has 2 aromatic carbocycles. The van der Waals surface area contributed by atoms with Gasteiger partial charge in [-0.15, -0.1) is 0 Å². The van der Waals surface area contributed by atoms with Gasteiger partial charge in [-0.1, -0.05) is 24.3 Å². The summed E-state index contributed by atoms with van der Waals surface area (Å²) in [5.74, 6) is -1.51. The molecule has 0 aliphatic carbocycles. The summed E-state index contributed by atoms with van der Waals surface area (Å²) in [5, 5.41) is 8.13. The Kier molecular flexibility index (Phi) is 4.54. The second kappa shape index (κ2) is 6.39. The van der Waals surface area contributed by atoms with E-state index in [1.54, 1.807) is 30.3 Å². The number of guanidine groups is 1. The van der Waals surface area contributed by atoms with Gasteiger partial charge in [0, 0.05) is 5.56 Å². The van der Waals surface area contributed by atoms with Crippen LogP contribution in [-0.2, 0) is 6.18 Å². The Morgan fingerprint density at radius 3 is 2.30 bits per heavy atom. The molecule has 0 fully saturated rings. The number of amides is 1. The molecule has 4 N–H and O–H groups in total. The highest BCUT2D eigenvalue weighted by molar-refractivity contribution is 6.05. The maximum Gasteiger partial charge on any atom is 0.416 e. The van der Waals surface area contributed by atoms with Crippen LogP contribution in [0.1, 0.15) is 15.9 Å². The highest BCUT2D eigenvalue weighted by Crippen LogP contribution is 2.29. The van der Waals surface area contributed by atoms with Crippen LogP contribution in [0.15, 0.2) is 54.6 Å². The topological polar surface area (TPSA) is 82.2 Å².